The molecule has 0 heterocycles. The lowest BCUT2D eigenvalue weighted by Gasteiger charge is -2.55. The highest BCUT2D eigenvalue weighted by Crippen LogP contribution is 2.59. The molecule has 0 amide bonds. The van der Waals surface area contributed by atoms with E-state index in [1.165, 1.54) is 18.6 Å². The smallest absolute Gasteiger partial charge is 0.0956 e. The number of rotatable bonds is 4. The fourth-order valence-electron chi connectivity index (χ4n) is 2.73. The van der Waals surface area contributed by atoms with E-state index in [0.717, 1.165) is 25.5 Å². The van der Waals surface area contributed by atoms with Crippen LogP contribution < -0.4 is 5.73 Å². The first-order chi connectivity index (χ1) is 6.66. The molecule has 1 fully saturated rings. The third-order valence-electron chi connectivity index (χ3n) is 4.03. The Hall–Kier alpha value is -0.500. The van der Waals surface area contributed by atoms with Crippen LogP contribution in [-0.2, 0) is 4.74 Å². The molecule has 2 heteroatoms. The van der Waals surface area contributed by atoms with E-state index in [-0.39, 0.29) is 0 Å². The van der Waals surface area contributed by atoms with E-state index in [1.807, 2.05) is 0 Å². The van der Waals surface area contributed by atoms with Crippen molar-refractivity contribution in [2.45, 2.75) is 33.1 Å². The van der Waals surface area contributed by atoms with Crippen molar-refractivity contribution < 1.29 is 4.74 Å². The van der Waals surface area contributed by atoms with Gasteiger partial charge in [-0.2, -0.15) is 0 Å². The molecule has 3 rings (SSSR count). The molecule has 3 aliphatic carbocycles. The molecule has 14 heavy (non-hydrogen) atoms. The monoisotopic (exact) mass is 195 g/mol. The van der Waals surface area contributed by atoms with E-state index in [1.54, 1.807) is 0 Å². The molecule has 2 atom stereocenters. The first-order valence-electron chi connectivity index (χ1n) is 5.69. The molecule has 2 bridgehead atoms. The van der Waals surface area contributed by atoms with Gasteiger partial charge >= 0.3 is 0 Å². The highest BCUT2D eigenvalue weighted by Gasteiger charge is 2.52. The standard InChI is InChI=1S/C12H21NO/c1-12(2)9-4-5-11(10(12)8-9)14-7-3-6-13/h5,9-10H,3-4,6-8,13H2,1-2H3. The van der Waals surface area contributed by atoms with E-state index >= 15 is 0 Å². The Morgan fingerprint density at radius 2 is 2.36 bits per heavy atom. The van der Waals surface area contributed by atoms with Crippen LogP contribution in [0.15, 0.2) is 11.8 Å². The van der Waals surface area contributed by atoms with Crippen LogP contribution in [-0.4, -0.2) is 13.2 Å². The maximum absolute atomic E-state index is 5.79. The Labute approximate surface area is 86.5 Å². The molecular weight excluding hydrogens is 174 g/mol. The predicted octanol–water partition coefficient (Wildman–Crippen LogP) is 2.30. The van der Waals surface area contributed by atoms with Gasteiger partial charge in [-0.25, -0.2) is 0 Å². The van der Waals surface area contributed by atoms with Crippen LogP contribution in [0.4, 0.5) is 0 Å². The topological polar surface area (TPSA) is 35.2 Å². The van der Waals surface area contributed by atoms with E-state index in [4.69, 9.17) is 10.5 Å². The average molecular weight is 195 g/mol. The first-order valence-corrected chi connectivity index (χ1v) is 5.69. The third kappa shape index (κ3) is 1.46. The van der Waals surface area contributed by atoms with Crippen LogP contribution in [0, 0.1) is 17.3 Å². The minimum Gasteiger partial charge on any atom is -0.498 e. The Kier molecular flexibility index (Phi) is 2.56. The first kappa shape index (κ1) is 10.0. The minimum atomic E-state index is 0.479. The highest BCUT2D eigenvalue weighted by atomic mass is 16.5. The molecule has 80 valence electrons. The lowest BCUT2D eigenvalue weighted by molar-refractivity contribution is -0.0466. The van der Waals surface area contributed by atoms with Gasteiger partial charge in [-0.05, 0) is 43.2 Å². The molecule has 0 aliphatic heterocycles. The maximum atomic E-state index is 5.79. The maximum Gasteiger partial charge on any atom is 0.0956 e. The fourth-order valence-corrected chi connectivity index (χ4v) is 2.73. The molecule has 0 aromatic heterocycles. The van der Waals surface area contributed by atoms with Crippen molar-refractivity contribution in [3.8, 4) is 0 Å². The number of ether oxygens (including phenoxy) is 1. The summed E-state index contributed by atoms with van der Waals surface area (Å²) < 4.78 is 5.79. The zero-order valence-electron chi connectivity index (χ0n) is 9.25. The summed E-state index contributed by atoms with van der Waals surface area (Å²) >= 11 is 0. The Morgan fingerprint density at radius 3 is 2.93 bits per heavy atom. The summed E-state index contributed by atoms with van der Waals surface area (Å²) in [5.74, 6) is 2.82. The number of allylic oxidation sites excluding steroid dienone is 2. The predicted molar refractivity (Wildman–Crippen MR) is 57.7 cm³/mol. The van der Waals surface area contributed by atoms with Crippen LogP contribution in [0.2, 0.25) is 0 Å². The van der Waals surface area contributed by atoms with Gasteiger partial charge in [0.05, 0.1) is 12.4 Å². The van der Waals surface area contributed by atoms with Gasteiger partial charge in [0.15, 0.2) is 0 Å². The van der Waals surface area contributed by atoms with Crippen molar-refractivity contribution in [1.82, 2.24) is 0 Å². The molecule has 0 saturated heterocycles. The molecule has 3 aliphatic rings. The van der Waals surface area contributed by atoms with Crippen molar-refractivity contribution in [2.75, 3.05) is 13.2 Å². The van der Waals surface area contributed by atoms with E-state index in [0.29, 0.717) is 11.3 Å². The van der Waals surface area contributed by atoms with Crippen molar-refractivity contribution >= 4 is 0 Å². The molecule has 2 unspecified atom stereocenters. The summed E-state index contributed by atoms with van der Waals surface area (Å²) in [7, 11) is 0. The second kappa shape index (κ2) is 3.58. The summed E-state index contributed by atoms with van der Waals surface area (Å²) in [6.45, 7) is 6.25. The summed E-state index contributed by atoms with van der Waals surface area (Å²) in [5.41, 5.74) is 5.92. The molecule has 2 N–H and O–H groups in total. The normalized spacial score (nSPS) is 33.2. The van der Waals surface area contributed by atoms with Gasteiger partial charge in [-0.3, -0.25) is 0 Å². The van der Waals surface area contributed by atoms with Crippen molar-refractivity contribution in [1.29, 1.82) is 0 Å². The van der Waals surface area contributed by atoms with Crippen LogP contribution in [0.3, 0.4) is 0 Å². The quantitative estimate of drug-likeness (QED) is 0.699. The van der Waals surface area contributed by atoms with E-state index < -0.39 is 0 Å². The van der Waals surface area contributed by atoms with Crippen molar-refractivity contribution in [3.63, 3.8) is 0 Å². The number of hydrogen-bond donors (Lipinski definition) is 1. The molecule has 0 spiro atoms. The number of nitrogens with two attached hydrogens (primary N) is 1. The highest BCUT2D eigenvalue weighted by molar-refractivity contribution is 5.18. The molecule has 1 saturated carbocycles. The summed E-state index contributed by atoms with van der Waals surface area (Å²) in [4.78, 5) is 0. The number of fused-ring (bicyclic) bond motifs is 1. The molecule has 0 aromatic carbocycles. The number of hydrogen-bond acceptors (Lipinski definition) is 2. The Bertz CT molecular complexity index is 245. The lowest BCUT2D eigenvalue weighted by atomic mass is 9.50. The summed E-state index contributed by atoms with van der Waals surface area (Å²) in [6.07, 6.45) is 5.80. The Morgan fingerprint density at radius 1 is 1.57 bits per heavy atom. The second-order valence-electron chi connectivity index (χ2n) is 5.14. The molecular formula is C12H21NO. The minimum absolute atomic E-state index is 0.479. The lowest BCUT2D eigenvalue weighted by Crippen LogP contribution is -2.48. The van der Waals surface area contributed by atoms with Gasteiger partial charge in [0.2, 0.25) is 0 Å². The van der Waals surface area contributed by atoms with Gasteiger partial charge < -0.3 is 10.5 Å². The van der Waals surface area contributed by atoms with Gasteiger partial charge in [-0.1, -0.05) is 13.8 Å². The van der Waals surface area contributed by atoms with Gasteiger partial charge in [-0.15, -0.1) is 0 Å². The zero-order chi connectivity index (χ0) is 10.2. The van der Waals surface area contributed by atoms with Gasteiger partial charge in [0.25, 0.3) is 0 Å². The summed E-state index contributed by atoms with van der Waals surface area (Å²) in [5, 5.41) is 0. The SMILES string of the molecule is CC1(C)C2CC=C(OCCCN)C1C2. The van der Waals surface area contributed by atoms with Crippen LogP contribution >= 0.6 is 0 Å². The van der Waals surface area contributed by atoms with Crippen molar-refractivity contribution in [2.24, 2.45) is 23.0 Å². The van der Waals surface area contributed by atoms with E-state index in [9.17, 15) is 0 Å². The van der Waals surface area contributed by atoms with Gasteiger partial charge in [0, 0.05) is 5.92 Å². The molecule has 2 nitrogen and oxygen atoms in total. The largest absolute Gasteiger partial charge is 0.498 e. The second-order valence-corrected chi connectivity index (χ2v) is 5.14. The molecule has 0 aromatic rings. The van der Waals surface area contributed by atoms with Gasteiger partial charge in [0.1, 0.15) is 0 Å². The zero-order valence-corrected chi connectivity index (χ0v) is 9.25. The third-order valence-corrected chi connectivity index (χ3v) is 4.03. The average Bonchev–Trinajstić information content (AvgIpc) is 2.18. The van der Waals surface area contributed by atoms with E-state index in [2.05, 4.69) is 19.9 Å². The van der Waals surface area contributed by atoms with Crippen LogP contribution in [0.5, 0.6) is 0 Å². The van der Waals surface area contributed by atoms with Crippen LogP contribution in [0.25, 0.3) is 0 Å². The summed E-state index contributed by atoms with van der Waals surface area (Å²) in [6, 6.07) is 0. The van der Waals surface area contributed by atoms with Crippen LogP contribution in [0.1, 0.15) is 33.1 Å². The molecule has 0 radical (unpaired) electrons. The Balaban J connectivity index is 1.91. The fraction of sp³-hybridized carbons (Fsp3) is 0.833. The van der Waals surface area contributed by atoms with Crippen molar-refractivity contribution in [3.05, 3.63) is 11.8 Å².